The Labute approximate surface area is 91.9 Å². The maximum atomic E-state index is 11.3. The Hall–Kier alpha value is -1.80. The van der Waals surface area contributed by atoms with E-state index in [0.29, 0.717) is 6.29 Å². The summed E-state index contributed by atoms with van der Waals surface area (Å²) >= 11 is 4.03. The minimum Gasteiger partial charge on any atom is -0.465 e. The van der Waals surface area contributed by atoms with Crippen molar-refractivity contribution in [3.8, 4) is 6.07 Å². The van der Waals surface area contributed by atoms with Crippen LogP contribution in [0.4, 0.5) is 0 Å². The summed E-state index contributed by atoms with van der Waals surface area (Å²) in [5.41, 5.74) is 0.454. The number of carbonyl (C=O) groups excluding carboxylic acids is 2. The molecule has 1 rings (SSSR count). The van der Waals surface area contributed by atoms with E-state index < -0.39 is 5.97 Å². The van der Waals surface area contributed by atoms with E-state index in [0.717, 1.165) is 0 Å². The molecule has 0 bridgehead atoms. The van der Waals surface area contributed by atoms with Gasteiger partial charge >= 0.3 is 5.97 Å². The van der Waals surface area contributed by atoms with Gasteiger partial charge in [0.05, 0.1) is 24.3 Å². The number of benzene rings is 1. The van der Waals surface area contributed by atoms with E-state index in [9.17, 15) is 9.59 Å². The van der Waals surface area contributed by atoms with Gasteiger partial charge in [-0.3, -0.25) is 4.79 Å². The van der Waals surface area contributed by atoms with Crippen LogP contribution < -0.4 is 0 Å². The fraction of sp³-hybridized carbons (Fsp3) is 0.100. The highest BCUT2D eigenvalue weighted by Gasteiger charge is 2.16. The van der Waals surface area contributed by atoms with Crippen molar-refractivity contribution < 1.29 is 14.3 Å². The van der Waals surface area contributed by atoms with E-state index in [1.807, 2.05) is 6.07 Å². The summed E-state index contributed by atoms with van der Waals surface area (Å²) in [6.45, 7) is 0. The first-order chi connectivity index (χ1) is 7.13. The Balaban J connectivity index is 3.45. The number of esters is 1. The molecule has 0 saturated carbocycles. The van der Waals surface area contributed by atoms with Crippen LogP contribution in [0, 0.1) is 11.3 Å². The van der Waals surface area contributed by atoms with Crippen LogP contribution in [0.2, 0.25) is 0 Å². The number of carbonyl (C=O) groups is 2. The molecule has 0 aliphatic heterocycles. The van der Waals surface area contributed by atoms with Crippen molar-refractivity contribution in [2.75, 3.05) is 7.11 Å². The second kappa shape index (κ2) is 4.62. The van der Waals surface area contributed by atoms with E-state index >= 15 is 0 Å². The van der Waals surface area contributed by atoms with Crippen LogP contribution in [0.15, 0.2) is 17.0 Å². The van der Waals surface area contributed by atoms with Crippen LogP contribution in [0.3, 0.4) is 0 Å². The molecule has 1 aromatic rings. The van der Waals surface area contributed by atoms with Crippen LogP contribution >= 0.6 is 12.6 Å². The van der Waals surface area contributed by atoms with E-state index in [4.69, 9.17) is 5.26 Å². The Bertz CT molecular complexity index is 462. The van der Waals surface area contributed by atoms with Gasteiger partial charge in [0.1, 0.15) is 0 Å². The van der Waals surface area contributed by atoms with Crippen LogP contribution in [-0.4, -0.2) is 19.4 Å². The Kier molecular flexibility index (Phi) is 3.47. The molecule has 0 unspecified atom stereocenters. The lowest BCUT2D eigenvalue weighted by atomic mass is 10.1. The molecule has 15 heavy (non-hydrogen) atoms. The largest absolute Gasteiger partial charge is 0.465 e. The minimum absolute atomic E-state index is 0.0785. The lowest BCUT2D eigenvalue weighted by Crippen LogP contribution is -2.07. The van der Waals surface area contributed by atoms with Gasteiger partial charge in [-0.25, -0.2) is 4.79 Å². The summed E-state index contributed by atoms with van der Waals surface area (Å²) in [6, 6.07) is 4.59. The molecular weight excluding hydrogens is 214 g/mol. The zero-order valence-corrected chi connectivity index (χ0v) is 8.75. The number of methoxy groups -OCH3 is 1. The normalized spacial score (nSPS) is 9.13. The number of rotatable bonds is 2. The molecule has 0 aliphatic carbocycles. The van der Waals surface area contributed by atoms with Crippen molar-refractivity contribution in [1.29, 1.82) is 5.26 Å². The Morgan fingerprint density at radius 2 is 2.27 bits per heavy atom. The second-order valence-corrected chi connectivity index (χ2v) is 3.16. The van der Waals surface area contributed by atoms with Crippen molar-refractivity contribution in [2.24, 2.45) is 0 Å². The first-order valence-electron chi connectivity index (χ1n) is 3.94. The van der Waals surface area contributed by atoms with Gasteiger partial charge in [0.25, 0.3) is 0 Å². The number of nitrogens with zero attached hydrogens (tertiary/aromatic N) is 1. The molecule has 0 aromatic heterocycles. The third-order valence-corrected chi connectivity index (χ3v) is 2.15. The molecule has 0 fully saturated rings. The van der Waals surface area contributed by atoms with Crippen molar-refractivity contribution in [3.63, 3.8) is 0 Å². The van der Waals surface area contributed by atoms with Crippen molar-refractivity contribution >= 4 is 24.9 Å². The van der Waals surface area contributed by atoms with E-state index in [-0.39, 0.29) is 21.6 Å². The van der Waals surface area contributed by atoms with Gasteiger partial charge in [-0.05, 0) is 12.1 Å². The van der Waals surface area contributed by atoms with Gasteiger partial charge in [0.15, 0.2) is 6.29 Å². The van der Waals surface area contributed by atoms with Gasteiger partial charge in [-0.15, -0.1) is 12.6 Å². The first-order valence-corrected chi connectivity index (χ1v) is 4.39. The molecule has 0 atom stereocenters. The third kappa shape index (κ3) is 2.17. The maximum absolute atomic E-state index is 11.3. The summed E-state index contributed by atoms with van der Waals surface area (Å²) in [5.74, 6) is -0.647. The maximum Gasteiger partial charge on any atom is 0.339 e. The Morgan fingerprint density at radius 3 is 2.73 bits per heavy atom. The topological polar surface area (TPSA) is 67.2 Å². The molecule has 1 aromatic carbocycles. The summed E-state index contributed by atoms with van der Waals surface area (Å²) < 4.78 is 4.50. The summed E-state index contributed by atoms with van der Waals surface area (Å²) in [4.78, 5) is 22.3. The van der Waals surface area contributed by atoms with Crippen molar-refractivity contribution in [3.05, 3.63) is 28.8 Å². The fourth-order valence-corrected chi connectivity index (χ4v) is 1.49. The van der Waals surface area contributed by atoms with E-state index in [1.54, 1.807) is 0 Å². The second-order valence-electron chi connectivity index (χ2n) is 2.68. The molecule has 5 heteroatoms. The van der Waals surface area contributed by atoms with Crippen LogP contribution in [-0.2, 0) is 4.74 Å². The number of aldehydes is 1. The quantitative estimate of drug-likeness (QED) is 0.466. The summed E-state index contributed by atoms with van der Waals surface area (Å²) in [7, 11) is 1.21. The van der Waals surface area contributed by atoms with Gasteiger partial charge in [-0.2, -0.15) is 5.26 Å². The van der Waals surface area contributed by atoms with Gasteiger partial charge in [-0.1, -0.05) is 0 Å². The lowest BCUT2D eigenvalue weighted by molar-refractivity contribution is 0.0594. The number of thiol groups is 1. The van der Waals surface area contributed by atoms with Crippen molar-refractivity contribution in [1.82, 2.24) is 0 Å². The Morgan fingerprint density at radius 1 is 1.60 bits per heavy atom. The molecular formula is C10H7NO3S. The standard InChI is InChI=1S/C10H7NO3S/c1-14-10(13)9-7(5-12)2-6(4-11)3-8(9)15/h2-3,5,15H,1H3. The zero-order valence-electron chi connectivity index (χ0n) is 7.85. The predicted octanol–water partition coefficient (Wildman–Crippen LogP) is 1.45. The average molecular weight is 221 g/mol. The highest BCUT2D eigenvalue weighted by molar-refractivity contribution is 7.80. The highest BCUT2D eigenvalue weighted by Crippen LogP contribution is 2.20. The average Bonchev–Trinajstić information content (AvgIpc) is 2.26. The van der Waals surface area contributed by atoms with Gasteiger partial charge in [0, 0.05) is 10.5 Å². The van der Waals surface area contributed by atoms with Gasteiger partial charge in [0.2, 0.25) is 0 Å². The van der Waals surface area contributed by atoms with Crippen LogP contribution in [0.25, 0.3) is 0 Å². The highest BCUT2D eigenvalue weighted by atomic mass is 32.1. The molecule has 0 N–H and O–H groups in total. The summed E-state index contributed by atoms with van der Waals surface area (Å²) in [5, 5.41) is 8.65. The number of ether oxygens (including phenoxy) is 1. The molecule has 0 spiro atoms. The molecule has 0 radical (unpaired) electrons. The zero-order chi connectivity index (χ0) is 11.4. The van der Waals surface area contributed by atoms with Crippen molar-refractivity contribution in [2.45, 2.75) is 4.90 Å². The third-order valence-electron chi connectivity index (χ3n) is 1.79. The minimum atomic E-state index is -0.647. The molecule has 0 saturated heterocycles. The number of hydrogen-bond donors (Lipinski definition) is 1. The summed E-state index contributed by atoms with van der Waals surface area (Å²) in [6.07, 6.45) is 0.493. The molecule has 0 heterocycles. The monoisotopic (exact) mass is 221 g/mol. The van der Waals surface area contributed by atoms with Crippen LogP contribution in [0.5, 0.6) is 0 Å². The van der Waals surface area contributed by atoms with Crippen LogP contribution in [0.1, 0.15) is 26.3 Å². The lowest BCUT2D eigenvalue weighted by Gasteiger charge is -2.06. The van der Waals surface area contributed by atoms with E-state index in [1.165, 1.54) is 19.2 Å². The smallest absolute Gasteiger partial charge is 0.339 e. The molecule has 76 valence electrons. The number of hydrogen-bond acceptors (Lipinski definition) is 5. The molecule has 0 aliphatic rings. The SMILES string of the molecule is COC(=O)c1c(S)cc(C#N)cc1C=O. The fourth-order valence-electron chi connectivity index (χ4n) is 1.13. The van der Waals surface area contributed by atoms with Gasteiger partial charge < -0.3 is 4.74 Å². The number of nitriles is 1. The van der Waals surface area contributed by atoms with E-state index in [2.05, 4.69) is 17.4 Å². The molecule has 4 nitrogen and oxygen atoms in total. The molecule has 0 amide bonds. The first kappa shape index (κ1) is 11.3. The predicted molar refractivity (Wildman–Crippen MR) is 55.1 cm³/mol.